The Morgan fingerprint density at radius 1 is 1.50 bits per heavy atom. The van der Waals surface area contributed by atoms with Crippen LogP contribution in [0.5, 0.6) is 0 Å². The highest BCUT2D eigenvalue weighted by Crippen LogP contribution is 2.09. The fourth-order valence-corrected chi connectivity index (χ4v) is 1.61. The second kappa shape index (κ2) is 4.53. The average Bonchev–Trinajstić information content (AvgIpc) is 2.67. The molecule has 0 spiro atoms. The maximum atomic E-state index is 12.8. The Labute approximate surface area is 83.1 Å². The molecule has 1 saturated heterocycles. The third kappa shape index (κ3) is 2.53. The molecular weight excluding hydrogens is 181 g/mol. The lowest BCUT2D eigenvalue weighted by atomic mass is 10.2. The Morgan fingerprint density at radius 3 is 3.14 bits per heavy atom. The van der Waals surface area contributed by atoms with E-state index in [0.717, 1.165) is 25.1 Å². The minimum atomic E-state index is -0.198. The van der Waals surface area contributed by atoms with Crippen LogP contribution in [0.2, 0.25) is 0 Å². The van der Waals surface area contributed by atoms with Crippen LogP contribution in [-0.2, 0) is 11.3 Å². The van der Waals surface area contributed by atoms with Crippen molar-refractivity contribution in [3.63, 3.8) is 0 Å². The number of benzene rings is 1. The molecule has 3 heteroatoms. The van der Waals surface area contributed by atoms with Gasteiger partial charge in [-0.3, -0.25) is 0 Å². The van der Waals surface area contributed by atoms with Gasteiger partial charge in [0, 0.05) is 6.54 Å². The monoisotopic (exact) mass is 195 g/mol. The van der Waals surface area contributed by atoms with Crippen LogP contribution in [0.3, 0.4) is 0 Å². The summed E-state index contributed by atoms with van der Waals surface area (Å²) >= 11 is 0. The van der Waals surface area contributed by atoms with Crippen LogP contribution in [0, 0.1) is 5.82 Å². The molecule has 0 radical (unpaired) electrons. The lowest BCUT2D eigenvalue weighted by Gasteiger charge is -2.10. The van der Waals surface area contributed by atoms with Crippen LogP contribution in [0.4, 0.5) is 4.39 Å². The molecule has 1 aliphatic rings. The lowest BCUT2D eigenvalue weighted by Crippen LogP contribution is -2.16. The molecule has 76 valence electrons. The zero-order valence-corrected chi connectivity index (χ0v) is 8.00. The van der Waals surface area contributed by atoms with E-state index in [2.05, 4.69) is 5.32 Å². The van der Waals surface area contributed by atoms with Gasteiger partial charge in [-0.1, -0.05) is 12.1 Å². The Kier molecular flexibility index (Phi) is 3.11. The van der Waals surface area contributed by atoms with Crippen LogP contribution >= 0.6 is 0 Å². The van der Waals surface area contributed by atoms with Gasteiger partial charge in [-0.15, -0.1) is 0 Å². The molecule has 0 aromatic heterocycles. The maximum Gasteiger partial charge on any atom is 0.123 e. The topological polar surface area (TPSA) is 21.3 Å². The summed E-state index contributed by atoms with van der Waals surface area (Å²) in [6.45, 7) is 2.44. The van der Waals surface area contributed by atoms with E-state index in [1.54, 1.807) is 6.07 Å². The van der Waals surface area contributed by atoms with Gasteiger partial charge in [-0.25, -0.2) is 4.39 Å². The number of hydrogen-bond acceptors (Lipinski definition) is 2. The van der Waals surface area contributed by atoms with Crippen LogP contribution in [0.25, 0.3) is 0 Å². The predicted molar refractivity (Wildman–Crippen MR) is 52.5 cm³/mol. The van der Waals surface area contributed by atoms with Crippen LogP contribution in [0.1, 0.15) is 12.0 Å². The molecule has 1 aromatic carbocycles. The van der Waals surface area contributed by atoms with E-state index in [4.69, 9.17) is 4.74 Å². The Morgan fingerprint density at radius 2 is 2.43 bits per heavy atom. The van der Waals surface area contributed by atoms with Crippen molar-refractivity contribution >= 4 is 0 Å². The van der Waals surface area contributed by atoms with Crippen molar-refractivity contribution in [2.45, 2.75) is 19.1 Å². The summed E-state index contributed by atoms with van der Waals surface area (Å²) in [4.78, 5) is 0. The fourth-order valence-electron chi connectivity index (χ4n) is 1.61. The predicted octanol–water partition coefficient (Wildman–Crippen LogP) is 1.70. The van der Waals surface area contributed by atoms with Gasteiger partial charge in [0.1, 0.15) is 5.82 Å². The third-order valence-corrected chi connectivity index (χ3v) is 2.39. The zero-order valence-electron chi connectivity index (χ0n) is 8.00. The first kappa shape index (κ1) is 9.62. The molecule has 1 heterocycles. The van der Waals surface area contributed by atoms with Gasteiger partial charge in [0.15, 0.2) is 0 Å². The highest BCUT2D eigenvalue weighted by atomic mass is 19.1. The molecule has 0 amide bonds. The Balaban J connectivity index is 1.85. The molecule has 1 aliphatic heterocycles. The molecule has 1 aromatic rings. The Bertz CT molecular complexity index is 297. The van der Waals surface area contributed by atoms with E-state index >= 15 is 0 Å². The second-order valence-corrected chi connectivity index (χ2v) is 3.56. The second-order valence-electron chi connectivity index (χ2n) is 3.56. The number of rotatable bonds is 3. The van der Waals surface area contributed by atoms with Gasteiger partial charge >= 0.3 is 0 Å². The molecule has 1 unspecified atom stereocenters. The zero-order chi connectivity index (χ0) is 9.80. The minimum Gasteiger partial charge on any atom is -0.372 e. The van der Waals surface area contributed by atoms with Crippen molar-refractivity contribution in [3.05, 3.63) is 35.6 Å². The molecule has 2 nitrogen and oxygen atoms in total. The summed E-state index contributed by atoms with van der Waals surface area (Å²) in [5.41, 5.74) is 0.900. The van der Waals surface area contributed by atoms with Crippen LogP contribution < -0.4 is 5.32 Å². The summed E-state index contributed by atoms with van der Waals surface area (Å²) in [6.07, 6.45) is 1.34. The van der Waals surface area contributed by atoms with E-state index in [-0.39, 0.29) is 5.82 Å². The summed E-state index contributed by atoms with van der Waals surface area (Å²) in [7, 11) is 0. The van der Waals surface area contributed by atoms with E-state index in [9.17, 15) is 4.39 Å². The van der Waals surface area contributed by atoms with Gasteiger partial charge < -0.3 is 10.1 Å². The first-order chi connectivity index (χ1) is 6.84. The summed E-state index contributed by atoms with van der Waals surface area (Å²) in [5, 5.41) is 3.22. The molecule has 1 N–H and O–H groups in total. The number of nitrogens with one attached hydrogen (secondary N) is 1. The van der Waals surface area contributed by atoms with Gasteiger partial charge in [0.25, 0.3) is 0 Å². The van der Waals surface area contributed by atoms with E-state index in [1.807, 2.05) is 6.07 Å². The number of ether oxygens (including phenoxy) is 1. The Hall–Kier alpha value is -0.930. The third-order valence-electron chi connectivity index (χ3n) is 2.39. The summed E-state index contributed by atoms with van der Waals surface area (Å²) in [6, 6.07) is 6.55. The van der Waals surface area contributed by atoms with Gasteiger partial charge in [-0.2, -0.15) is 0 Å². The molecule has 2 rings (SSSR count). The van der Waals surface area contributed by atoms with E-state index in [0.29, 0.717) is 12.7 Å². The van der Waals surface area contributed by atoms with Crippen molar-refractivity contribution in [1.82, 2.24) is 5.32 Å². The van der Waals surface area contributed by atoms with Gasteiger partial charge in [0.05, 0.1) is 12.7 Å². The standard InChI is InChI=1S/C11H14FNO/c12-10-3-1-2-9(6-10)8-14-11-4-5-13-7-11/h1-3,6,11,13H,4-5,7-8H2. The molecule has 0 aliphatic carbocycles. The normalized spacial score (nSPS) is 21.4. The van der Waals surface area contributed by atoms with Crippen molar-refractivity contribution in [2.24, 2.45) is 0 Å². The molecule has 14 heavy (non-hydrogen) atoms. The van der Waals surface area contributed by atoms with Crippen LogP contribution in [0.15, 0.2) is 24.3 Å². The quantitative estimate of drug-likeness (QED) is 0.792. The molecular formula is C11H14FNO. The van der Waals surface area contributed by atoms with Crippen molar-refractivity contribution in [2.75, 3.05) is 13.1 Å². The highest BCUT2D eigenvalue weighted by Gasteiger charge is 2.14. The van der Waals surface area contributed by atoms with Crippen molar-refractivity contribution in [3.8, 4) is 0 Å². The maximum absolute atomic E-state index is 12.8. The summed E-state index contributed by atoms with van der Waals surface area (Å²) in [5.74, 6) is -0.198. The molecule has 0 saturated carbocycles. The minimum absolute atomic E-state index is 0.198. The largest absolute Gasteiger partial charge is 0.372 e. The fraction of sp³-hybridized carbons (Fsp3) is 0.455. The first-order valence-electron chi connectivity index (χ1n) is 4.91. The number of halogens is 1. The molecule has 0 bridgehead atoms. The lowest BCUT2D eigenvalue weighted by molar-refractivity contribution is 0.0541. The van der Waals surface area contributed by atoms with Gasteiger partial charge in [0.2, 0.25) is 0 Å². The molecule has 1 fully saturated rings. The van der Waals surface area contributed by atoms with E-state index < -0.39 is 0 Å². The smallest absolute Gasteiger partial charge is 0.123 e. The van der Waals surface area contributed by atoms with Gasteiger partial charge in [-0.05, 0) is 30.7 Å². The average molecular weight is 195 g/mol. The number of hydrogen-bond donors (Lipinski definition) is 1. The van der Waals surface area contributed by atoms with Crippen molar-refractivity contribution < 1.29 is 9.13 Å². The highest BCUT2D eigenvalue weighted by molar-refractivity contribution is 5.15. The van der Waals surface area contributed by atoms with Crippen molar-refractivity contribution in [1.29, 1.82) is 0 Å². The SMILES string of the molecule is Fc1cccc(COC2CCNC2)c1. The first-order valence-corrected chi connectivity index (χ1v) is 4.91. The van der Waals surface area contributed by atoms with E-state index in [1.165, 1.54) is 12.1 Å². The summed E-state index contributed by atoms with van der Waals surface area (Å²) < 4.78 is 18.4. The molecule has 1 atom stereocenters. The van der Waals surface area contributed by atoms with Crippen LogP contribution in [-0.4, -0.2) is 19.2 Å².